The molecule has 0 N–H and O–H groups in total. The van der Waals surface area contributed by atoms with Crippen molar-refractivity contribution in [2.75, 3.05) is 0 Å². The molecule has 0 amide bonds. The topological polar surface area (TPSA) is 0 Å². The molecule has 28 heavy (non-hydrogen) atoms. The van der Waals surface area contributed by atoms with Crippen LogP contribution in [0.2, 0.25) is 0 Å². The van der Waals surface area contributed by atoms with Crippen molar-refractivity contribution in [3.8, 4) is 11.8 Å². The van der Waals surface area contributed by atoms with E-state index in [0.717, 1.165) is 36.0 Å². The minimum Gasteiger partial charge on any atom is -0.206 e. The van der Waals surface area contributed by atoms with Crippen molar-refractivity contribution < 1.29 is 13.2 Å². The van der Waals surface area contributed by atoms with Gasteiger partial charge in [0, 0.05) is 5.56 Å². The summed E-state index contributed by atoms with van der Waals surface area (Å²) in [4.78, 5) is 0. The van der Waals surface area contributed by atoms with Crippen molar-refractivity contribution in [3.63, 3.8) is 0 Å². The van der Waals surface area contributed by atoms with Crippen LogP contribution in [0.4, 0.5) is 13.2 Å². The highest BCUT2D eigenvalue weighted by Gasteiger charge is 2.24. The molecular formula is C25H27F3. The van der Waals surface area contributed by atoms with Crippen LogP contribution in [0, 0.1) is 47.0 Å². The quantitative estimate of drug-likeness (QED) is 0.503. The summed E-state index contributed by atoms with van der Waals surface area (Å²) in [7, 11) is 0. The maximum Gasteiger partial charge on any atom is 0.160 e. The van der Waals surface area contributed by atoms with Gasteiger partial charge in [0.25, 0.3) is 0 Å². The third kappa shape index (κ3) is 5.19. The molecule has 0 saturated heterocycles. The summed E-state index contributed by atoms with van der Waals surface area (Å²) in [5, 5.41) is 0. The molecule has 1 unspecified atom stereocenters. The molecule has 148 valence electrons. The Morgan fingerprint density at radius 3 is 2.29 bits per heavy atom. The van der Waals surface area contributed by atoms with Gasteiger partial charge in [0.05, 0.1) is 5.56 Å². The Kier molecular flexibility index (Phi) is 6.83. The Morgan fingerprint density at radius 2 is 1.64 bits per heavy atom. The Balaban J connectivity index is 1.64. The van der Waals surface area contributed by atoms with Gasteiger partial charge in [-0.05, 0) is 72.9 Å². The highest BCUT2D eigenvalue weighted by molar-refractivity contribution is 5.44. The first-order valence-corrected chi connectivity index (χ1v) is 10.2. The molecule has 0 heterocycles. The summed E-state index contributed by atoms with van der Waals surface area (Å²) < 4.78 is 40.6. The van der Waals surface area contributed by atoms with E-state index in [1.165, 1.54) is 38.2 Å². The average molecular weight is 384 g/mol. The van der Waals surface area contributed by atoms with E-state index >= 15 is 0 Å². The van der Waals surface area contributed by atoms with Crippen LogP contribution in [-0.2, 0) is 6.42 Å². The van der Waals surface area contributed by atoms with E-state index < -0.39 is 11.6 Å². The summed E-state index contributed by atoms with van der Waals surface area (Å²) in [6.45, 7) is 4.54. The number of hydrogen-bond donors (Lipinski definition) is 0. The predicted molar refractivity (Wildman–Crippen MR) is 107 cm³/mol. The lowest BCUT2D eigenvalue weighted by molar-refractivity contribution is 0.210. The third-order valence-corrected chi connectivity index (χ3v) is 6.13. The summed E-state index contributed by atoms with van der Waals surface area (Å²) >= 11 is 0. The van der Waals surface area contributed by atoms with Gasteiger partial charge in [-0.2, -0.15) is 0 Å². The molecule has 3 rings (SSSR count). The first-order valence-electron chi connectivity index (χ1n) is 10.2. The molecule has 0 nitrogen and oxygen atoms in total. The molecule has 0 aromatic heterocycles. The molecule has 2 aromatic carbocycles. The Bertz CT molecular complexity index is 867. The van der Waals surface area contributed by atoms with Crippen molar-refractivity contribution in [3.05, 3.63) is 70.5 Å². The molecule has 1 aliphatic rings. The van der Waals surface area contributed by atoms with Gasteiger partial charge in [-0.25, -0.2) is 13.2 Å². The van der Waals surface area contributed by atoms with Crippen molar-refractivity contribution in [1.29, 1.82) is 0 Å². The zero-order valence-electron chi connectivity index (χ0n) is 16.6. The first-order chi connectivity index (χ1) is 13.5. The zero-order chi connectivity index (χ0) is 20.1. The van der Waals surface area contributed by atoms with E-state index in [-0.39, 0.29) is 11.4 Å². The molecule has 1 fully saturated rings. The fraction of sp³-hybridized carbons (Fsp3) is 0.440. The van der Waals surface area contributed by atoms with Crippen LogP contribution in [0.3, 0.4) is 0 Å². The van der Waals surface area contributed by atoms with Crippen LogP contribution in [0.15, 0.2) is 36.4 Å². The van der Waals surface area contributed by atoms with E-state index in [2.05, 4.69) is 25.7 Å². The number of benzene rings is 2. The molecule has 0 aliphatic heterocycles. The van der Waals surface area contributed by atoms with Crippen LogP contribution >= 0.6 is 0 Å². The van der Waals surface area contributed by atoms with Crippen molar-refractivity contribution in [1.82, 2.24) is 0 Å². The second-order valence-corrected chi connectivity index (χ2v) is 8.06. The standard InChI is InChI=1S/C25H27F3/c1-3-18-4-9-21(10-5-18)17(2)14-20-7-12-22(24(27)16-20)11-6-19-8-13-23(26)25(28)15-19/h7-8,12-13,15-18,21H,3-5,9-10,14H2,1-2H3. The Morgan fingerprint density at radius 1 is 0.893 bits per heavy atom. The fourth-order valence-electron chi connectivity index (χ4n) is 4.20. The molecular weight excluding hydrogens is 357 g/mol. The number of rotatable bonds is 4. The largest absolute Gasteiger partial charge is 0.206 e. The van der Waals surface area contributed by atoms with Gasteiger partial charge in [0.15, 0.2) is 11.6 Å². The van der Waals surface area contributed by atoms with Gasteiger partial charge in [-0.1, -0.05) is 51.0 Å². The summed E-state index contributed by atoms with van der Waals surface area (Å²) in [6.07, 6.45) is 7.34. The summed E-state index contributed by atoms with van der Waals surface area (Å²) in [5.74, 6) is 5.32. The third-order valence-electron chi connectivity index (χ3n) is 6.13. The van der Waals surface area contributed by atoms with Gasteiger partial charge in [-0.3, -0.25) is 0 Å². The highest BCUT2D eigenvalue weighted by Crippen LogP contribution is 2.36. The van der Waals surface area contributed by atoms with E-state index in [4.69, 9.17) is 0 Å². The zero-order valence-corrected chi connectivity index (χ0v) is 16.6. The molecule has 0 spiro atoms. The first kappa shape index (κ1) is 20.5. The lowest BCUT2D eigenvalue weighted by Gasteiger charge is -2.32. The SMILES string of the molecule is CCC1CCC(C(C)Cc2ccc(C#Cc3ccc(F)c(F)c3)c(F)c2)CC1. The molecule has 1 saturated carbocycles. The van der Waals surface area contributed by atoms with E-state index in [0.29, 0.717) is 11.5 Å². The van der Waals surface area contributed by atoms with Crippen molar-refractivity contribution >= 4 is 0 Å². The van der Waals surface area contributed by atoms with Crippen molar-refractivity contribution in [2.24, 2.45) is 17.8 Å². The Labute approximate surface area is 166 Å². The Hall–Kier alpha value is -2.21. The molecule has 0 bridgehead atoms. The van der Waals surface area contributed by atoms with Gasteiger partial charge < -0.3 is 0 Å². The number of halogens is 3. The van der Waals surface area contributed by atoms with Gasteiger partial charge in [0.1, 0.15) is 5.82 Å². The maximum atomic E-state index is 14.4. The molecule has 3 heteroatoms. The maximum absolute atomic E-state index is 14.4. The molecule has 1 atom stereocenters. The van der Waals surface area contributed by atoms with Crippen LogP contribution < -0.4 is 0 Å². The smallest absolute Gasteiger partial charge is 0.160 e. The van der Waals surface area contributed by atoms with Crippen LogP contribution in [-0.4, -0.2) is 0 Å². The summed E-state index contributed by atoms with van der Waals surface area (Å²) in [6, 6.07) is 8.58. The molecule has 2 aromatic rings. The molecule has 0 radical (unpaired) electrons. The second-order valence-electron chi connectivity index (χ2n) is 8.06. The lowest BCUT2D eigenvalue weighted by atomic mass is 9.74. The van der Waals surface area contributed by atoms with Crippen molar-refractivity contribution in [2.45, 2.75) is 52.4 Å². The van der Waals surface area contributed by atoms with Crippen LogP contribution in [0.5, 0.6) is 0 Å². The van der Waals surface area contributed by atoms with Gasteiger partial charge in [-0.15, -0.1) is 0 Å². The minimum atomic E-state index is -0.954. The second kappa shape index (κ2) is 9.32. The highest BCUT2D eigenvalue weighted by atomic mass is 19.2. The normalized spacial score (nSPS) is 20.3. The van der Waals surface area contributed by atoms with Crippen LogP contribution in [0.25, 0.3) is 0 Å². The van der Waals surface area contributed by atoms with E-state index in [1.807, 2.05) is 6.07 Å². The number of hydrogen-bond acceptors (Lipinski definition) is 0. The average Bonchev–Trinajstić information content (AvgIpc) is 2.70. The molecule has 1 aliphatic carbocycles. The summed E-state index contributed by atoms with van der Waals surface area (Å²) in [5.41, 5.74) is 1.57. The van der Waals surface area contributed by atoms with Crippen LogP contribution in [0.1, 0.15) is 62.6 Å². The minimum absolute atomic E-state index is 0.268. The van der Waals surface area contributed by atoms with Gasteiger partial charge >= 0.3 is 0 Å². The fourth-order valence-corrected chi connectivity index (χ4v) is 4.20. The lowest BCUT2D eigenvalue weighted by Crippen LogP contribution is -2.21. The predicted octanol–water partition coefficient (Wildman–Crippen LogP) is 6.90. The van der Waals surface area contributed by atoms with E-state index in [1.54, 1.807) is 12.1 Å². The monoisotopic (exact) mass is 384 g/mol. The van der Waals surface area contributed by atoms with Gasteiger partial charge in [0.2, 0.25) is 0 Å². The van der Waals surface area contributed by atoms with E-state index in [9.17, 15) is 13.2 Å².